The van der Waals surface area contributed by atoms with Gasteiger partial charge >= 0.3 is 0 Å². The van der Waals surface area contributed by atoms with Crippen LogP contribution in [0.5, 0.6) is 5.75 Å². The normalized spacial score (nSPS) is 9.09. The second kappa shape index (κ2) is 2.96. The van der Waals surface area contributed by atoms with E-state index in [-0.39, 0.29) is 5.75 Å². The SMILES string of the molecule is C=Cc1ncc(O)cc1N=C. The van der Waals surface area contributed by atoms with Gasteiger partial charge in [0.1, 0.15) is 5.75 Å². The first kappa shape index (κ1) is 7.47. The summed E-state index contributed by atoms with van der Waals surface area (Å²) in [6.45, 7) is 6.87. The lowest BCUT2D eigenvalue weighted by atomic mass is 10.3. The summed E-state index contributed by atoms with van der Waals surface area (Å²) in [5.74, 6) is 0.0815. The van der Waals surface area contributed by atoms with Crippen molar-refractivity contribution in [2.75, 3.05) is 0 Å². The Morgan fingerprint density at radius 3 is 2.91 bits per heavy atom. The standard InChI is InChI=1S/C8H8N2O/c1-3-7-8(9-2)4-6(11)5-10-7/h3-5,11H,1-2H2. The van der Waals surface area contributed by atoms with Crippen molar-refractivity contribution in [1.29, 1.82) is 0 Å². The molecule has 0 amide bonds. The molecule has 3 nitrogen and oxygen atoms in total. The Bertz CT molecular complexity index is 294. The minimum absolute atomic E-state index is 0.0815. The molecule has 0 saturated carbocycles. The Kier molecular flexibility index (Phi) is 2.01. The lowest BCUT2D eigenvalue weighted by Gasteiger charge is -1.97. The van der Waals surface area contributed by atoms with Gasteiger partial charge in [-0.25, -0.2) is 0 Å². The molecular formula is C8H8N2O. The van der Waals surface area contributed by atoms with E-state index in [2.05, 4.69) is 23.3 Å². The van der Waals surface area contributed by atoms with Gasteiger partial charge in [0.2, 0.25) is 0 Å². The topological polar surface area (TPSA) is 45.5 Å². The molecule has 3 heteroatoms. The minimum atomic E-state index is 0.0815. The number of aromatic hydroxyl groups is 1. The third-order valence-corrected chi connectivity index (χ3v) is 1.25. The molecule has 56 valence electrons. The van der Waals surface area contributed by atoms with Gasteiger partial charge in [0.15, 0.2) is 0 Å². The van der Waals surface area contributed by atoms with Crippen LogP contribution in [-0.4, -0.2) is 16.8 Å². The molecule has 0 aliphatic heterocycles. The molecule has 0 bridgehead atoms. The van der Waals surface area contributed by atoms with Crippen molar-refractivity contribution in [2.45, 2.75) is 0 Å². The predicted molar refractivity (Wildman–Crippen MR) is 45.2 cm³/mol. The third kappa shape index (κ3) is 1.43. The molecule has 1 N–H and O–H groups in total. The van der Waals surface area contributed by atoms with E-state index in [1.165, 1.54) is 12.3 Å². The van der Waals surface area contributed by atoms with Gasteiger partial charge in [-0.15, -0.1) is 0 Å². The van der Waals surface area contributed by atoms with Gasteiger partial charge < -0.3 is 5.11 Å². The van der Waals surface area contributed by atoms with Crippen molar-refractivity contribution in [3.05, 3.63) is 24.5 Å². The molecule has 1 aromatic rings. The van der Waals surface area contributed by atoms with Gasteiger partial charge in [-0.2, -0.15) is 0 Å². The van der Waals surface area contributed by atoms with Crippen molar-refractivity contribution in [1.82, 2.24) is 4.98 Å². The molecule has 0 spiro atoms. The number of rotatable bonds is 2. The van der Waals surface area contributed by atoms with Crippen LogP contribution in [0.3, 0.4) is 0 Å². The van der Waals surface area contributed by atoms with Gasteiger partial charge in [-0.1, -0.05) is 6.58 Å². The van der Waals surface area contributed by atoms with Crippen LogP contribution in [0, 0.1) is 0 Å². The fraction of sp³-hybridized carbons (Fsp3) is 0. The van der Waals surface area contributed by atoms with Gasteiger partial charge in [-0.05, 0) is 12.8 Å². The zero-order valence-electron chi connectivity index (χ0n) is 5.99. The fourth-order valence-electron chi connectivity index (χ4n) is 0.737. The molecule has 0 aliphatic carbocycles. The van der Waals surface area contributed by atoms with Gasteiger partial charge in [0.25, 0.3) is 0 Å². The molecular weight excluding hydrogens is 140 g/mol. The van der Waals surface area contributed by atoms with Crippen LogP contribution in [0.25, 0.3) is 6.08 Å². The first-order chi connectivity index (χ1) is 5.27. The average Bonchev–Trinajstić information content (AvgIpc) is 2.04. The molecule has 1 heterocycles. The molecule has 1 rings (SSSR count). The molecule has 0 aromatic carbocycles. The van der Waals surface area contributed by atoms with E-state index >= 15 is 0 Å². The monoisotopic (exact) mass is 148 g/mol. The molecule has 0 radical (unpaired) electrons. The van der Waals surface area contributed by atoms with Crippen LogP contribution >= 0.6 is 0 Å². The van der Waals surface area contributed by atoms with Crippen molar-refractivity contribution in [3.63, 3.8) is 0 Å². The Hall–Kier alpha value is -1.64. The van der Waals surface area contributed by atoms with Crippen molar-refractivity contribution >= 4 is 18.5 Å². The van der Waals surface area contributed by atoms with Crippen molar-refractivity contribution in [2.24, 2.45) is 4.99 Å². The molecule has 0 fully saturated rings. The lowest BCUT2D eigenvalue weighted by molar-refractivity contribution is 0.473. The maximum absolute atomic E-state index is 8.98. The van der Waals surface area contributed by atoms with E-state index in [0.29, 0.717) is 11.4 Å². The third-order valence-electron chi connectivity index (χ3n) is 1.25. The van der Waals surface area contributed by atoms with Crippen molar-refractivity contribution in [3.8, 4) is 5.75 Å². The Labute approximate surface area is 64.7 Å². The number of hydrogen-bond donors (Lipinski definition) is 1. The summed E-state index contributed by atoms with van der Waals surface area (Å²) >= 11 is 0. The Morgan fingerprint density at radius 1 is 1.64 bits per heavy atom. The van der Waals surface area contributed by atoms with Crippen LogP contribution in [-0.2, 0) is 0 Å². The van der Waals surface area contributed by atoms with E-state index < -0.39 is 0 Å². The highest BCUT2D eigenvalue weighted by atomic mass is 16.3. The summed E-state index contributed by atoms with van der Waals surface area (Å²) in [5.41, 5.74) is 1.16. The maximum atomic E-state index is 8.98. The molecule has 0 atom stereocenters. The number of aromatic nitrogens is 1. The molecule has 0 aliphatic rings. The number of aliphatic imine (C=N–C) groups is 1. The maximum Gasteiger partial charge on any atom is 0.136 e. The summed E-state index contributed by atoms with van der Waals surface area (Å²) in [6.07, 6.45) is 2.90. The summed E-state index contributed by atoms with van der Waals surface area (Å²) < 4.78 is 0. The number of nitrogens with zero attached hydrogens (tertiary/aromatic N) is 2. The molecule has 11 heavy (non-hydrogen) atoms. The van der Waals surface area contributed by atoms with E-state index in [1.807, 2.05) is 0 Å². The molecule has 1 aromatic heterocycles. The van der Waals surface area contributed by atoms with E-state index in [0.717, 1.165) is 0 Å². The van der Waals surface area contributed by atoms with E-state index in [9.17, 15) is 0 Å². The largest absolute Gasteiger partial charge is 0.506 e. The quantitative estimate of drug-likeness (QED) is 0.649. The highest BCUT2D eigenvalue weighted by molar-refractivity contribution is 5.62. The van der Waals surface area contributed by atoms with Gasteiger partial charge in [0, 0.05) is 6.07 Å². The second-order valence-electron chi connectivity index (χ2n) is 1.96. The van der Waals surface area contributed by atoms with E-state index in [4.69, 9.17) is 5.11 Å². The second-order valence-corrected chi connectivity index (χ2v) is 1.96. The van der Waals surface area contributed by atoms with Gasteiger partial charge in [0.05, 0.1) is 17.6 Å². The summed E-state index contributed by atoms with van der Waals surface area (Å²) in [6, 6.07) is 1.48. The molecule has 0 saturated heterocycles. The van der Waals surface area contributed by atoms with Crippen LogP contribution in [0.2, 0.25) is 0 Å². The first-order valence-electron chi connectivity index (χ1n) is 3.06. The van der Waals surface area contributed by atoms with Crippen LogP contribution < -0.4 is 0 Å². The predicted octanol–water partition coefficient (Wildman–Crippen LogP) is 1.76. The van der Waals surface area contributed by atoms with E-state index in [1.54, 1.807) is 6.08 Å². The lowest BCUT2D eigenvalue weighted by Crippen LogP contribution is -1.79. The van der Waals surface area contributed by atoms with Crippen LogP contribution in [0.4, 0.5) is 5.69 Å². The number of pyridine rings is 1. The van der Waals surface area contributed by atoms with Crippen LogP contribution in [0.15, 0.2) is 23.8 Å². The summed E-state index contributed by atoms with van der Waals surface area (Å²) in [7, 11) is 0. The summed E-state index contributed by atoms with van der Waals surface area (Å²) in [5, 5.41) is 8.98. The highest BCUT2D eigenvalue weighted by Gasteiger charge is 1.98. The van der Waals surface area contributed by atoms with Gasteiger partial charge in [-0.3, -0.25) is 9.98 Å². The summed E-state index contributed by atoms with van der Waals surface area (Å²) in [4.78, 5) is 7.52. The number of hydrogen-bond acceptors (Lipinski definition) is 3. The Morgan fingerprint density at radius 2 is 2.36 bits per heavy atom. The Balaban J connectivity index is 3.26. The molecule has 0 unspecified atom stereocenters. The zero-order chi connectivity index (χ0) is 8.27. The van der Waals surface area contributed by atoms with Crippen molar-refractivity contribution < 1.29 is 5.11 Å². The average molecular weight is 148 g/mol. The van der Waals surface area contributed by atoms with Crippen LogP contribution in [0.1, 0.15) is 5.69 Å². The highest BCUT2D eigenvalue weighted by Crippen LogP contribution is 2.21. The smallest absolute Gasteiger partial charge is 0.136 e. The first-order valence-corrected chi connectivity index (χ1v) is 3.06. The minimum Gasteiger partial charge on any atom is -0.506 e. The fourth-order valence-corrected chi connectivity index (χ4v) is 0.737. The zero-order valence-corrected chi connectivity index (χ0v) is 5.99.